The van der Waals surface area contributed by atoms with E-state index in [1.165, 1.54) is 7.11 Å². The number of aromatic carboxylic acids is 1. The maximum atomic E-state index is 11.1. The van der Waals surface area contributed by atoms with Crippen LogP contribution in [0.2, 0.25) is 0 Å². The van der Waals surface area contributed by atoms with Crippen molar-refractivity contribution in [3.05, 3.63) is 23.1 Å². The molecule has 0 aliphatic rings. The molecule has 0 aliphatic heterocycles. The number of methoxy groups -OCH3 is 1. The summed E-state index contributed by atoms with van der Waals surface area (Å²) in [5, 5.41) is 18.3. The Balaban J connectivity index is 2.62. The lowest BCUT2D eigenvalue weighted by molar-refractivity contribution is 0.0698. The average molecular weight is 263 g/mol. The summed E-state index contributed by atoms with van der Waals surface area (Å²) < 4.78 is 11.1. The highest BCUT2D eigenvalue weighted by atomic mass is 32.1. The fourth-order valence-electron chi connectivity index (χ4n) is 1.57. The van der Waals surface area contributed by atoms with Gasteiger partial charge in [-0.3, -0.25) is 0 Å². The molecule has 0 radical (unpaired) electrons. The molecule has 5 nitrogen and oxygen atoms in total. The van der Waals surface area contributed by atoms with Gasteiger partial charge in [0.25, 0.3) is 0 Å². The normalized spacial score (nSPS) is 10.0. The number of carboxylic acid groups (broad SMARTS) is 1. The van der Waals surface area contributed by atoms with Gasteiger partial charge < -0.3 is 14.6 Å². The lowest BCUT2D eigenvalue weighted by atomic mass is 10.2. The molecule has 2 rings (SSSR count). The van der Waals surface area contributed by atoms with E-state index in [1.807, 2.05) is 6.07 Å². The van der Waals surface area contributed by atoms with E-state index in [9.17, 15) is 4.79 Å². The zero-order chi connectivity index (χ0) is 13.1. The Morgan fingerprint density at radius 2 is 2.33 bits per heavy atom. The summed E-state index contributed by atoms with van der Waals surface area (Å²) in [7, 11) is 1.53. The quantitative estimate of drug-likeness (QED) is 0.916. The summed E-state index contributed by atoms with van der Waals surface area (Å²) in [6, 6.07) is 7.04. The minimum Gasteiger partial charge on any atom is -0.497 e. The van der Waals surface area contributed by atoms with Gasteiger partial charge in [0.05, 0.1) is 7.11 Å². The van der Waals surface area contributed by atoms with Crippen LogP contribution >= 0.6 is 11.3 Å². The summed E-state index contributed by atoms with van der Waals surface area (Å²) in [5.41, 5.74) is 0. The SMILES string of the molecule is COc1ccc2sc(C(=O)O)c(OCC#N)c2c1. The molecule has 1 heterocycles. The number of hydrogen-bond acceptors (Lipinski definition) is 5. The van der Waals surface area contributed by atoms with Gasteiger partial charge in [-0.2, -0.15) is 5.26 Å². The fourth-order valence-corrected chi connectivity index (χ4v) is 2.54. The zero-order valence-corrected chi connectivity index (χ0v) is 10.3. The molecule has 92 valence electrons. The van der Waals surface area contributed by atoms with Crippen molar-refractivity contribution < 1.29 is 19.4 Å². The second-order valence-corrected chi connectivity index (χ2v) is 4.43. The number of nitrogens with zero attached hydrogens (tertiary/aromatic N) is 1. The molecule has 0 fully saturated rings. The van der Waals surface area contributed by atoms with Crippen molar-refractivity contribution >= 4 is 27.4 Å². The highest BCUT2D eigenvalue weighted by Gasteiger charge is 2.19. The monoisotopic (exact) mass is 263 g/mol. The summed E-state index contributed by atoms with van der Waals surface area (Å²) >= 11 is 1.11. The summed E-state index contributed by atoms with van der Waals surface area (Å²) in [6.07, 6.45) is 0. The van der Waals surface area contributed by atoms with Crippen LogP contribution in [0.25, 0.3) is 10.1 Å². The van der Waals surface area contributed by atoms with Gasteiger partial charge >= 0.3 is 5.97 Å². The predicted molar refractivity (Wildman–Crippen MR) is 66.4 cm³/mol. The van der Waals surface area contributed by atoms with Crippen LogP contribution in [0.15, 0.2) is 18.2 Å². The van der Waals surface area contributed by atoms with Gasteiger partial charge in [0.2, 0.25) is 0 Å². The molecule has 1 N–H and O–H groups in total. The van der Waals surface area contributed by atoms with Crippen LogP contribution in [0.1, 0.15) is 9.67 Å². The molecule has 0 unspecified atom stereocenters. The number of thiophene rings is 1. The standard InChI is InChI=1S/C12H9NO4S/c1-16-7-2-3-9-8(6-7)10(17-5-4-13)11(18-9)12(14)15/h2-3,6H,5H2,1H3,(H,14,15). The van der Waals surface area contributed by atoms with Crippen LogP contribution in [-0.2, 0) is 0 Å². The molecule has 18 heavy (non-hydrogen) atoms. The highest BCUT2D eigenvalue weighted by molar-refractivity contribution is 7.21. The van der Waals surface area contributed by atoms with E-state index in [1.54, 1.807) is 18.2 Å². The van der Waals surface area contributed by atoms with Crippen LogP contribution in [0.3, 0.4) is 0 Å². The first-order valence-electron chi connectivity index (χ1n) is 5.01. The molecule has 6 heteroatoms. The van der Waals surface area contributed by atoms with Crippen LogP contribution in [0.5, 0.6) is 11.5 Å². The van der Waals surface area contributed by atoms with E-state index < -0.39 is 5.97 Å². The molecule has 0 spiro atoms. The third-order valence-corrected chi connectivity index (χ3v) is 3.46. The van der Waals surface area contributed by atoms with Crippen molar-refractivity contribution in [1.82, 2.24) is 0 Å². The lowest BCUT2D eigenvalue weighted by Crippen LogP contribution is -1.99. The fraction of sp³-hybridized carbons (Fsp3) is 0.167. The first-order valence-corrected chi connectivity index (χ1v) is 5.82. The topological polar surface area (TPSA) is 79.6 Å². The van der Waals surface area contributed by atoms with E-state index in [0.29, 0.717) is 11.1 Å². The zero-order valence-electron chi connectivity index (χ0n) is 9.47. The lowest BCUT2D eigenvalue weighted by Gasteiger charge is -2.03. The minimum atomic E-state index is -1.07. The van der Waals surface area contributed by atoms with E-state index in [4.69, 9.17) is 19.8 Å². The van der Waals surface area contributed by atoms with Gasteiger partial charge in [0, 0.05) is 10.1 Å². The maximum Gasteiger partial charge on any atom is 0.349 e. The number of nitriles is 1. The minimum absolute atomic E-state index is 0.0912. The van der Waals surface area contributed by atoms with E-state index in [-0.39, 0.29) is 17.2 Å². The van der Waals surface area contributed by atoms with Crippen LogP contribution in [0.4, 0.5) is 0 Å². The van der Waals surface area contributed by atoms with Gasteiger partial charge in [-0.05, 0) is 18.2 Å². The number of carboxylic acids is 1. The summed E-state index contributed by atoms with van der Waals surface area (Å²) in [5.74, 6) is -0.231. The van der Waals surface area contributed by atoms with E-state index in [0.717, 1.165) is 16.0 Å². The Morgan fingerprint density at radius 1 is 1.56 bits per heavy atom. The van der Waals surface area contributed by atoms with Crippen molar-refractivity contribution in [2.24, 2.45) is 0 Å². The highest BCUT2D eigenvalue weighted by Crippen LogP contribution is 2.39. The van der Waals surface area contributed by atoms with Crippen molar-refractivity contribution in [2.75, 3.05) is 13.7 Å². The molecule has 2 aromatic rings. The Bertz CT molecular complexity index is 641. The number of benzene rings is 1. The maximum absolute atomic E-state index is 11.1. The number of carbonyl (C=O) groups is 1. The Morgan fingerprint density at radius 3 is 2.94 bits per heavy atom. The van der Waals surface area contributed by atoms with Crippen molar-refractivity contribution in [3.63, 3.8) is 0 Å². The third kappa shape index (κ3) is 2.08. The van der Waals surface area contributed by atoms with E-state index >= 15 is 0 Å². The molecule has 1 aromatic carbocycles. The predicted octanol–water partition coefficient (Wildman–Crippen LogP) is 2.51. The van der Waals surface area contributed by atoms with Crippen molar-refractivity contribution in [2.45, 2.75) is 0 Å². The molecule has 0 bridgehead atoms. The van der Waals surface area contributed by atoms with Crippen LogP contribution in [0, 0.1) is 11.3 Å². The van der Waals surface area contributed by atoms with Crippen LogP contribution in [-0.4, -0.2) is 24.8 Å². The molecule has 0 saturated heterocycles. The molecule has 0 aliphatic carbocycles. The Labute approximate surface area is 107 Å². The number of hydrogen-bond donors (Lipinski definition) is 1. The van der Waals surface area contributed by atoms with Crippen LogP contribution < -0.4 is 9.47 Å². The van der Waals surface area contributed by atoms with Gasteiger partial charge in [0.1, 0.15) is 11.8 Å². The van der Waals surface area contributed by atoms with Gasteiger partial charge in [-0.25, -0.2) is 4.79 Å². The number of ether oxygens (including phenoxy) is 2. The van der Waals surface area contributed by atoms with Gasteiger partial charge in [0.15, 0.2) is 17.2 Å². The summed E-state index contributed by atoms with van der Waals surface area (Å²) in [4.78, 5) is 11.2. The molecule has 0 amide bonds. The van der Waals surface area contributed by atoms with E-state index in [2.05, 4.69) is 0 Å². The Kier molecular flexibility index (Phi) is 3.35. The molecule has 0 saturated carbocycles. The number of fused-ring (bicyclic) bond motifs is 1. The molecular weight excluding hydrogens is 254 g/mol. The second kappa shape index (κ2) is 4.94. The summed E-state index contributed by atoms with van der Waals surface area (Å²) in [6.45, 7) is -0.191. The van der Waals surface area contributed by atoms with Gasteiger partial charge in [-0.1, -0.05) is 0 Å². The van der Waals surface area contributed by atoms with Gasteiger partial charge in [-0.15, -0.1) is 11.3 Å². The largest absolute Gasteiger partial charge is 0.497 e. The molecule has 1 aromatic heterocycles. The smallest absolute Gasteiger partial charge is 0.349 e. The van der Waals surface area contributed by atoms with Crippen molar-refractivity contribution in [1.29, 1.82) is 5.26 Å². The third-order valence-electron chi connectivity index (χ3n) is 2.32. The molecule has 0 atom stereocenters. The number of rotatable bonds is 4. The first-order chi connectivity index (χ1) is 8.67. The molecular formula is C12H9NO4S. The average Bonchev–Trinajstić information content (AvgIpc) is 2.74. The first kappa shape index (κ1) is 12.2. The Hall–Kier alpha value is -2.26. The van der Waals surface area contributed by atoms with Crippen molar-refractivity contribution in [3.8, 4) is 17.6 Å². The second-order valence-electron chi connectivity index (χ2n) is 3.37.